The number of amides is 2. The number of primary amides is 1. The number of carbonyl (C=O) groups excluding carboxylic acids is 2. The molecule has 2 saturated heterocycles. The number of likely N-dealkylation sites (N-methyl/N-ethyl adjacent to an activating group) is 1. The first-order valence-electron chi connectivity index (χ1n) is 12.7. The van der Waals surface area contributed by atoms with E-state index in [2.05, 4.69) is 62.1 Å². The first-order chi connectivity index (χ1) is 16.6. The van der Waals surface area contributed by atoms with Crippen molar-refractivity contribution >= 4 is 11.8 Å². The second-order valence-electron chi connectivity index (χ2n) is 11.3. The van der Waals surface area contributed by atoms with Gasteiger partial charge in [0.2, 0.25) is 5.91 Å². The predicted octanol–water partition coefficient (Wildman–Crippen LogP) is 3.90. The summed E-state index contributed by atoms with van der Waals surface area (Å²) in [6.07, 6.45) is 3.59. The van der Waals surface area contributed by atoms with E-state index in [-0.39, 0.29) is 23.5 Å². The number of benzene rings is 2. The molecule has 1 spiro atoms. The Labute approximate surface area is 209 Å². The zero-order valence-corrected chi connectivity index (χ0v) is 21.5. The third-order valence-electron chi connectivity index (χ3n) is 7.77. The Hall–Kier alpha value is -2.86. The Balaban J connectivity index is 1.42. The number of rotatable bonds is 7. The molecule has 0 aromatic heterocycles. The van der Waals surface area contributed by atoms with Crippen molar-refractivity contribution in [3.8, 4) is 5.75 Å². The van der Waals surface area contributed by atoms with E-state index in [0.29, 0.717) is 5.91 Å². The minimum absolute atomic E-state index is 0.0218. The molecule has 0 saturated carbocycles. The molecule has 2 aliphatic heterocycles. The van der Waals surface area contributed by atoms with Crippen molar-refractivity contribution in [2.24, 2.45) is 11.1 Å². The zero-order valence-electron chi connectivity index (χ0n) is 21.5. The van der Waals surface area contributed by atoms with Crippen molar-refractivity contribution in [3.63, 3.8) is 0 Å². The summed E-state index contributed by atoms with van der Waals surface area (Å²) in [5, 5.41) is 0. The second-order valence-corrected chi connectivity index (χ2v) is 11.3. The maximum Gasteiger partial charge on any atom is 0.255 e. The van der Waals surface area contributed by atoms with Crippen LogP contribution in [0.4, 0.5) is 0 Å². The number of piperidine rings is 1. The number of ether oxygens (including phenoxy) is 1. The molecule has 188 valence electrons. The molecular weight excluding hydrogens is 438 g/mol. The highest BCUT2D eigenvalue weighted by atomic mass is 16.5. The lowest BCUT2D eigenvalue weighted by Gasteiger charge is -2.38. The lowest BCUT2D eigenvalue weighted by atomic mass is 9.75. The summed E-state index contributed by atoms with van der Waals surface area (Å²) in [4.78, 5) is 29.1. The summed E-state index contributed by atoms with van der Waals surface area (Å²) in [5.41, 5.74) is 8.56. The topological polar surface area (TPSA) is 75.9 Å². The Morgan fingerprint density at radius 1 is 1.11 bits per heavy atom. The smallest absolute Gasteiger partial charge is 0.255 e. The van der Waals surface area contributed by atoms with Gasteiger partial charge in [0.15, 0.2) is 6.61 Å². The van der Waals surface area contributed by atoms with E-state index in [1.807, 2.05) is 24.1 Å². The molecule has 2 heterocycles. The molecule has 0 radical (unpaired) electrons. The van der Waals surface area contributed by atoms with Crippen molar-refractivity contribution in [1.29, 1.82) is 0 Å². The normalized spacial score (nSPS) is 20.4. The van der Waals surface area contributed by atoms with Crippen LogP contribution in [0.5, 0.6) is 5.75 Å². The third kappa shape index (κ3) is 5.69. The van der Waals surface area contributed by atoms with Crippen LogP contribution in [0.1, 0.15) is 56.7 Å². The van der Waals surface area contributed by atoms with Crippen LogP contribution in [0, 0.1) is 5.41 Å². The van der Waals surface area contributed by atoms with Crippen molar-refractivity contribution in [2.75, 3.05) is 26.7 Å². The van der Waals surface area contributed by atoms with Gasteiger partial charge in [-0.05, 0) is 61.4 Å². The fourth-order valence-corrected chi connectivity index (χ4v) is 5.54. The molecule has 35 heavy (non-hydrogen) atoms. The first-order valence-corrected chi connectivity index (χ1v) is 12.7. The standard InChI is InChI=1S/C29H39N3O3/c1-28(2,3)23-11-10-22(25(17-23)35-20-26(30)33)19-32-14-12-29(13-15-32)18-24(31(4)27(29)34)16-21-8-6-5-7-9-21/h5-11,17,24H,12-16,18-20H2,1-4H3,(H2,30,33)/t24-/m0/s1. The molecule has 2 amide bonds. The molecule has 0 unspecified atom stereocenters. The fourth-order valence-electron chi connectivity index (χ4n) is 5.54. The summed E-state index contributed by atoms with van der Waals surface area (Å²) in [7, 11) is 1.97. The number of carbonyl (C=O) groups is 2. The van der Waals surface area contributed by atoms with Crippen molar-refractivity contribution in [1.82, 2.24) is 9.80 Å². The molecule has 1 atom stereocenters. The van der Waals surface area contributed by atoms with Gasteiger partial charge in [-0.3, -0.25) is 14.5 Å². The van der Waals surface area contributed by atoms with E-state index in [9.17, 15) is 9.59 Å². The molecule has 4 rings (SSSR count). The predicted molar refractivity (Wildman–Crippen MR) is 138 cm³/mol. The second kappa shape index (κ2) is 10.0. The third-order valence-corrected chi connectivity index (χ3v) is 7.77. The first kappa shape index (κ1) is 25.2. The average Bonchev–Trinajstić information content (AvgIpc) is 3.04. The van der Waals surface area contributed by atoms with Gasteiger partial charge in [-0.15, -0.1) is 0 Å². The molecule has 2 aromatic carbocycles. The minimum atomic E-state index is -0.481. The molecule has 0 aliphatic carbocycles. The van der Waals surface area contributed by atoms with Crippen LogP contribution in [0.15, 0.2) is 48.5 Å². The van der Waals surface area contributed by atoms with Crippen LogP contribution in [-0.4, -0.2) is 54.4 Å². The van der Waals surface area contributed by atoms with E-state index >= 15 is 0 Å². The highest BCUT2D eigenvalue weighted by Crippen LogP contribution is 2.45. The van der Waals surface area contributed by atoms with Crippen LogP contribution in [0.2, 0.25) is 0 Å². The molecule has 2 aliphatic rings. The maximum absolute atomic E-state index is 13.3. The Morgan fingerprint density at radius 3 is 2.43 bits per heavy atom. The van der Waals surface area contributed by atoms with Crippen LogP contribution in [-0.2, 0) is 28.0 Å². The summed E-state index contributed by atoms with van der Waals surface area (Å²) in [6, 6.07) is 17.0. The molecule has 0 bridgehead atoms. The Bertz CT molecular complexity index is 1050. The number of nitrogens with zero attached hydrogens (tertiary/aromatic N) is 2. The van der Waals surface area contributed by atoms with Gasteiger partial charge in [-0.25, -0.2) is 0 Å². The van der Waals surface area contributed by atoms with Crippen molar-refractivity contribution in [3.05, 3.63) is 65.2 Å². The fraction of sp³-hybridized carbons (Fsp3) is 0.517. The number of likely N-dealkylation sites (tertiary alicyclic amines) is 2. The van der Waals surface area contributed by atoms with E-state index in [1.54, 1.807) is 0 Å². The lowest BCUT2D eigenvalue weighted by molar-refractivity contribution is -0.137. The van der Waals surface area contributed by atoms with Gasteiger partial charge in [-0.1, -0.05) is 63.2 Å². The van der Waals surface area contributed by atoms with Gasteiger partial charge in [0, 0.05) is 25.2 Å². The van der Waals surface area contributed by atoms with E-state index in [1.165, 1.54) is 5.56 Å². The zero-order chi connectivity index (χ0) is 25.2. The molecule has 6 heteroatoms. The van der Waals surface area contributed by atoms with E-state index < -0.39 is 5.91 Å². The van der Waals surface area contributed by atoms with Crippen molar-refractivity contribution < 1.29 is 14.3 Å². The van der Waals surface area contributed by atoms with Gasteiger partial charge >= 0.3 is 0 Å². The van der Waals surface area contributed by atoms with Gasteiger partial charge in [0.1, 0.15) is 5.75 Å². The molecular formula is C29H39N3O3. The molecule has 2 aromatic rings. The summed E-state index contributed by atoms with van der Waals surface area (Å²) in [6.45, 7) is 8.81. The number of hydrogen-bond acceptors (Lipinski definition) is 4. The van der Waals surface area contributed by atoms with Gasteiger partial charge in [0.05, 0.1) is 5.41 Å². The van der Waals surface area contributed by atoms with Crippen LogP contribution in [0.3, 0.4) is 0 Å². The Kier molecular flexibility index (Phi) is 7.22. The summed E-state index contributed by atoms with van der Waals surface area (Å²) in [5.74, 6) is 0.542. The number of hydrogen-bond donors (Lipinski definition) is 1. The molecule has 2 N–H and O–H groups in total. The van der Waals surface area contributed by atoms with E-state index in [0.717, 1.165) is 62.2 Å². The lowest BCUT2D eigenvalue weighted by Crippen LogP contribution is -2.43. The van der Waals surface area contributed by atoms with Crippen LogP contribution < -0.4 is 10.5 Å². The number of nitrogens with two attached hydrogens (primary N) is 1. The van der Waals surface area contributed by atoms with Gasteiger partial charge in [-0.2, -0.15) is 0 Å². The monoisotopic (exact) mass is 477 g/mol. The van der Waals surface area contributed by atoms with E-state index in [4.69, 9.17) is 10.5 Å². The molecule has 2 fully saturated rings. The SMILES string of the molecule is CN1C(=O)C2(CCN(Cc3ccc(C(C)(C)C)cc3OCC(N)=O)CC2)C[C@@H]1Cc1ccccc1. The summed E-state index contributed by atoms with van der Waals surface area (Å²) < 4.78 is 5.81. The average molecular weight is 478 g/mol. The van der Waals surface area contributed by atoms with Crippen molar-refractivity contribution in [2.45, 2.75) is 64.5 Å². The van der Waals surface area contributed by atoms with Crippen LogP contribution >= 0.6 is 0 Å². The highest BCUT2D eigenvalue weighted by molar-refractivity contribution is 5.85. The summed E-state index contributed by atoms with van der Waals surface area (Å²) >= 11 is 0. The quantitative estimate of drug-likeness (QED) is 0.656. The molecule has 6 nitrogen and oxygen atoms in total. The van der Waals surface area contributed by atoms with Gasteiger partial charge < -0.3 is 15.4 Å². The highest BCUT2D eigenvalue weighted by Gasteiger charge is 2.51. The largest absolute Gasteiger partial charge is 0.483 e. The maximum atomic E-state index is 13.3. The van der Waals surface area contributed by atoms with Crippen LogP contribution in [0.25, 0.3) is 0 Å². The minimum Gasteiger partial charge on any atom is -0.483 e. The van der Waals surface area contributed by atoms with Gasteiger partial charge in [0.25, 0.3) is 5.91 Å². The Morgan fingerprint density at radius 2 is 1.80 bits per heavy atom.